The number of nitrogens with zero attached hydrogens (tertiary/aromatic N) is 2. The van der Waals surface area contributed by atoms with Gasteiger partial charge in [0.15, 0.2) is 5.60 Å². The normalized spacial score (nSPS) is 15.7. The monoisotopic (exact) mass is 563 g/mol. The van der Waals surface area contributed by atoms with Crippen LogP contribution in [0, 0.1) is 0 Å². The summed E-state index contributed by atoms with van der Waals surface area (Å²) in [6.07, 6.45) is -1.96. The third-order valence-electron chi connectivity index (χ3n) is 6.07. The first-order chi connectivity index (χ1) is 17.7. The van der Waals surface area contributed by atoms with Crippen molar-refractivity contribution in [2.45, 2.75) is 50.3 Å². The zero-order valence-electron chi connectivity index (χ0n) is 21.5. The summed E-state index contributed by atoms with van der Waals surface area (Å²) in [5.74, 6) is 0.525. The fourth-order valence-corrected chi connectivity index (χ4v) is 5.91. The minimum absolute atomic E-state index is 0.296. The number of aromatic nitrogens is 2. The standard InChI is InChI=1S/C27H28F3N3O3S2/c1-25(2,3)38(35)33-23(22-20(36-5)10-7-12-32-22)21-14-16-8-6-9-18(24(16)37-21)19-15-17(11-13-31-19)26(4,34)27(28,29)30/h6-15,23,33-34H,1-5H3/t23-,26+,38-/m0/s1. The topological polar surface area (TPSA) is 84.3 Å². The van der Waals surface area contributed by atoms with Gasteiger partial charge in [-0.15, -0.1) is 11.3 Å². The van der Waals surface area contributed by atoms with Crippen molar-refractivity contribution in [1.29, 1.82) is 0 Å². The van der Waals surface area contributed by atoms with Crippen LogP contribution in [-0.2, 0) is 16.6 Å². The van der Waals surface area contributed by atoms with E-state index >= 15 is 0 Å². The molecule has 202 valence electrons. The molecule has 0 unspecified atom stereocenters. The summed E-state index contributed by atoms with van der Waals surface area (Å²) in [4.78, 5) is 9.61. The van der Waals surface area contributed by atoms with Crippen molar-refractivity contribution < 1.29 is 27.2 Å². The lowest BCUT2D eigenvalue weighted by Gasteiger charge is -2.26. The summed E-state index contributed by atoms with van der Waals surface area (Å²) in [5.41, 5.74) is -1.86. The van der Waals surface area contributed by atoms with Gasteiger partial charge in [0, 0.05) is 27.5 Å². The van der Waals surface area contributed by atoms with E-state index in [1.54, 1.807) is 30.5 Å². The van der Waals surface area contributed by atoms with Crippen LogP contribution in [0.4, 0.5) is 13.2 Å². The van der Waals surface area contributed by atoms with Crippen LogP contribution >= 0.6 is 11.3 Å². The van der Waals surface area contributed by atoms with Crippen LogP contribution in [0.3, 0.4) is 0 Å². The van der Waals surface area contributed by atoms with Gasteiger partial charge in [-0.1, -0.05) is 18.2 Å². The highest BCUT2D eigenvalue weighted by molar-refractivity contribution is 7.84. The average molecular weight is 564 g/mol. The first-order valence-corrected chi connectivity index (χ1v) is 13.7. The number of methoxy groups -OCH3 is 1. The Hall–Kier alpha value is -2.86. The zero-order valence-corrected chi connectivity index (χ0v) is 23.1. The number of alkyl halides is 3. The Morgan fingerprint density at radius 1 is 1.03 bits per heavy atom. The highest BCUT2D eigenvalue weighted by atomic mass is 32.2. The van der Waals surface area contributed by atoms with Gasteiger partial charge >= 0.3 is 6.18 Å². The predicted octanol–water partition coefficient (Wildman–Crippen LogP) is 6.28. The second-order valence-corrected chi connectivity index (χ2v) is 13.0. The van der Waals surface area contributed by atoms with E-state index in [1.807, 2.05) is 32.9 Å². The average Bonchev–Trinajstić information content (AvgIpc) is 3.30. The van der Waals surface area contributed by atoms with Gasteiger partial charge in [-0.25, -0.2) is 8.93 Å². The predicted molar refractivity (Wildman–Crippen MR) is 144 cm³/mol. The third-order valence-corrected chi connectivity index (χ3v) is 8.88. The van der Waals surface area contributed by atoms with Crippen molar-refractivity contribution in [2.24, 2.45) is 0 Å². The zero-order chi connectivity index (χ0) is 27.9. The van der Waals surface area contributed by atoms with Crippen molar-refractivity contribution in [3.63, 3.8) is 0 Å². The van der Waals surface area contributed by atoms with Gasteiger partial charge in [0.1, 0.15) is 11.4 Å². The number of pyridine rings is 2. The van der Waals surface area contributed by atoms with E-state index in [1.165, 1.54) is 30.7 Å². The number of ether oxygens (including phenoxy) is 1. The fraction of sp³-hybridized carbons (Fsp3) is 0.333. The van der Waals surface area contributed by atoms with Crippen LogP contribution in [0.1, 0.15) is 49.9 Å². The Morgan fingerprint density at radius 3 is 2.42 bits per heavy atom. The second kappa shape index (κ2) is 10.4. The molecule has 2 N–H and O–H groups in total. The van der Waals surface area contributed by atoms with E-state index in [0.29, 0.717) is 22.7 Å². The Morgan fingerprint density at radius 2 is 1.76 bits per heavy atom. The Kier molecular flexibility index (Phi) is 7.68. The third kappa shape index (κ3) is 5.47. The summed E-state index contributed by atoms with van der Waals surface area (Å²) in [6.45, 7) is 6.31. The lowest BCUT2D eigenvalue weighted by atomic mass is 9.94. The maximum atomic E-state index is 13.5. The molecule has 0 aliphatic carbocycles. The lowest BCUT2D eigenvalue weighted by molar-refractivity contribution is -0.258. The van der Waals surface area contributed by atoms with Gasteiger partial charge in [-0.3, -0.25) is 9.97 Å². The summed E-state index contributed by atoms with van der Waals surface area (Å²) in [5, 5.41) is 11.0. The smallest absolute Gasteiger partial charge is 0.421 e. The molecule has 38 heavy (non-hydrogen) atoms. The first kappa shape index (κ1) is 28.2. The van der Waals surface area contributed by atoms with Crippen molar-refractivity contribution in [3.8, 4) is 17.0 Å². The molecule has 0 saturated heterocycles. The summed E-state index contributed by atoms with van der Waals surface area (Å²) in [6, 6.07) is 12.7. The molecule has 3 atom stereocenters. The Balaban J connectivity index is 1.86. The van der Waals surface area contributed by atoms with Crippen LogP contribution < -0.4 is 9.46 Å². The molecular weight excluding hydrogens is 535 g/mol. The van der Waals surface area contributed by atoms with E-state index < -0.39 is 33.6 Å². The van der Waals surface area contributed by atoms with Crippen LogP contribution in [-0.4, -0.2) is 37.3 Å². The Labute approximate surface area is 225 Å². The number of hydrogen-bond acceptors (Lipinski definition) is 6. The van der Waals surface area contributed by atoms with Gasteiger partial charge < -0.3 is 9.84 Å². The highest BCUT2D eigenvalue weighted by Crippen LogP contribution is 2.42. The van der Waals surface area contributed by atoms with E-state index in [-0.39, 0.29) is 5.56 Å². The van der Waals surface area contributed by atoms with Crippen LogP contribution in [0.15, 0.2) is 60.9 Å². The van der Waals surface area contributed by atoms with Crippen molar-refractivity contribution in [2.75, 3.05) is 7.11 Å². The van der Waals surface area contributed by atoms with E-state index in [4.69, 9.17) is 4.74 Å². The summed E-state index contributed by atoms with van der Waals surface area (Å²) >= 11 is 1.40. The summed E-state index contributed by atoms with van der Waals surface area (Å²) in [7, 11) is 0.0887. The van der Waals surface area contributed by atoms with E-state index in [2.05, 4.69) is 14.7 Å². The van der Waals surface area contributed by atoms with E-state index in [0.717, 1.165) is 28.0 Å². The van der Waals surface area contributed by atoms with E-state index in [9.17, 15) is 22.5 Å². The molecule has 0 amide bonds. The Bertz CT molecular complexity index is 1480. The number of aliphatic hydroxyl groups is 1. The largest absolute Gasteiger partial charge is 0.495 e. The van der Waals surface area contributed by atoms with Crippen molar-refractivity contribution >= 4 is 32.4 Å². The molecule has 11 heteroatoms. The molecular formula is C27H28F3N3O3S2. The minimum Gasteiger partial charge on any atom is -0.495 e. The number of thiophene rings is 1. The molecule has 6 nitrogen and oxygen atoms in total. The number of nitrogens with one attached hydrogen (secondary N) is 1. The molecule has 0 bridgehead atoms. The van der Waals surface area contributed by atoms with Crippen LogP contribution in [0.5, 0.6) is 5.75 Å². The molecule has 0 spiro atoms. The molecule has 3 aromatic heterocycles. The minimum atomic E-state index is -4.85. The number of fused-ring (bicyclic) bond motifs is 1. The number of rotatable bonds is 7. The lowest BCUT2D eigenvalue weighted by Crippen LogP contribution is -2.39. The van der Waals surface area contributed by atoms with Gasteiger partial charge in [0.2, 0.25) is 0 Å². The molecule has 0 aliphatic heterocycles. The van der Waals surface area contributed by atoms with Gasteiger partial charge in [0.05, 0.1) is 34.6 Å². The highest BCUT2D eigenvalue weighted by Gasteiger charge is 2.51. The molecule has 0 saturated carbocycles. The number of hydrogen-bond donors (Lipinski definition) is 2. The van der Waals surface area contributed by atoms with Crippen molar-refractivity contribution in [3.05, 3.63) is 77.1 Å². The maximum Gasteiger partial charge on any atom is 0.421 e. The van der Waals surface area contributed by atoms with Crippen LogP contribution in [0.25, 0.3) is 21.3 Å². The second-order valence-electron chi connectivity index (χ2n) is 9.90. The first-order valence-electron chi connectivity index (χ1n) is 11.7. The molecule has 0 fully saturated rings. The van der Waals surface area contributed by atoms with Gasteiger partial charge in [-0.2, -0.15) is 13.2 Å². The number of benzene rings is 1. The molecule has 0 radical (unpaired) electrons. The quantitative estimate of drug-likeness (QED) is 0.277. The maximum absolute atomic E-state index is 13.5. The molecule has 4 aromatic rings. The van der Waals surface area contributed by atoms with Gasteiger partial charge in [-0.05, 0) is 69.0 Å². The van der Waals surface area contributed by atoms with Gasteiger partial charge in [0.25, 0.3) is 0 Å². The SMILES string of the molecule is COc1cccnc1[C@@H](N[S@@](=O)C(C)(C)C)c1cc2cccc(-c3cc([C@@](C)(O)C(F)(F)F)ccn3)c2s1. The molecule has 1 aromatic carbocycles. The van der Waals surface area contributed by atoms with Crippen LogP contribution in [0.2, 0.25) is 0 Å². The van der Waals surface area contributed by atoms with Crippen molar-refractivity contribution in [1.82, 2.24) is 14.7 Å². The molecule has 3 heterocycles. The summed E-state index contributed by atoms with van der Waals surface area (Å²) < 4.78 is 62.6. The number of halogens is 3. The molecule has 4 rings (SSSR count). The fourth-order valence-electron chi connectivity index (χ4n) is 3.80. The molecule has 0 aliphatic rings.